The van der Waals surface area contributed by atoms with Crippen LogP contribution in [-0.2, 0) is 11.2 Å². The van der Waals surface area contributed by atoms with Crippen LogP contribution in [0, 0.1) is 11.3 Å². The maximum absolute atomic E-state index is 12.2. The lowest BCUT2D eigenvalue weighted by Crippen LogP contribution is -2.09. The average Bonchev–Trinajstić information content (AvgIpc) is 2.54. The molecule has 3 heteroatoms. The van der Waals surface area contributed by atoms with E-state index < -0.39 is 0 Å². The molecule has 88 valence electrons. The molecule has 0 fully saturated rings. The van der Waals surface area contributed by atoms with Gasteiger partial charge in [-0.1, -0.05) is 30.0 Å². The van der Waals surface area contributed by atoms with E-state index in [0.717, 1.165) is 26.5 Å². The van der Waals surface area contributed by atoms with Crippen LogP contribution in [0.1, 0.15) is 18.4 Å². The molecule has 2 nitrogen and oxygen atoms in total. The fraction of sp³-hybridized carbons (Fsp3) is 0.200. The number of benzene rings is 1. The number of carbonyl (C=O) groups excluding carboxylic acids is 1. The molecule has 18 heavy (non-hydrogen) atoms. The van der Waals surface area contributed by atoms with Gasteiger partial charge in [0.05, 0.1) is 6.07 Å². The van der Waals surface area contributed by atoms with E-state index >= 15 is 0 Å². The van der Waals surface area contributed by atoms with Crippen molar-refractivity contribution < 1.29 is 4.79 Å². The van der Waals surface area contributed by atoms with Gasteiger partial charge in [-0.05, 0) is 30.5 Å². The highest BCUT2D eigenvalue weighted by Gasteiger charge is 2.24. The Hall–Kier alpha value is -1.79. The maximum Gasteiger partial charge on any atom is 0.164 e. The Bertz CT molecular complexity index is 634. The number of hydrogen-bond acceptors (Lipinski definition) is 3. The first kappa shape index (κ1) is 11.3. The number of ketones is 1. The van der Waals surface area contributed by atoms with Gasteiger partial charge in [-0.3, -0.25) is 4.79 Å². The minimum absolute atomic E-state index is 0.204. The first-order valence-electron chi connectivity index (χ1n) is 5.90. The quantitative estimate of drug-likeness (QED) is 0.711. The lowest BCUT2D eigenvalue weighted by atomic mass is 9.93. The number of carbonyl (C=O) groups is 1. The van der Waals surface area contributed by atoms with Gasteiger partial charge in [0.25, 0.3) is 0 Å². The Morgan fingerprint density at radius 1 is 1.22 bits per heavy atom. The summed E-state index contributed by atoms with van der Waals surface area (Å²) in [6.45, 7) is 0. The third kappa shape index (κ3) is 1.89. The molecule has 0 atom stereocenters. The topological polar surface area (TPSA) is 40.9 Å². The van der Waals surface area contributed by atoms with Crippen molar-refractivity contribution in [3.63, 3.8) is 0 Å². The number of Topliss-reactive ketones (excluding diaryl/α,β-unsaturated/α-hetero) is 1. The number of fused-ring (bicyclic) bond motifs is 1. The number of nitriles is 1. The molecule has 0 unspecified atom stereocenters. The molecule has 1 heterocycles. The molecule has 1 aliphatic heterocycles. The normalized spacial score (nSPS) is 18.4. The number of hydrogen-bond donors (Lipinski definition) is 0. The summed E-state index contributed by atoms with van der Waals surface area (Å²) < 4.78 is 0. The van der Waals surface area contributed by atoms with Crippen LogP contribution in [0.3, 0.4) is 0 Å². The predicted octanol–water partition coefficient (Wildman–Crippen LogP) is 3.40. The third-order valence-electron chi connectivity index (χ3n) is 3.27. The van der Waals surface area contributed by atoms with Gasteiger partial charge in [-0.25, -0.2) is 0 Å². The summed E-state index contributed by atoms with van der Waals surface area (Å²) >= 11 is 1.62. The fourth-order valence-electron chi connectivity index (χ4n) is 2.30. The molecule has 0 spiro atoms. The van der Waals surface area contributed by atoms with E-state index in [2.05, 4.69) is 6.07 Å². The van der Waals surface area contributed by atoms with E-state index in [1.54, 1.807) is 11.8 Å². The van der Waals surface area contributed by atoms with Crippen LogP contribution in [0.2, 0.25) is 0 Å². The molecule has 0 saturated carbocycles. The zero-order valence-corrected chi connectivity index (χ0v) is 10.6. The molecular formula is C15H11NOS. The van der Waals surface area contributed by atoms with Crippen LogP contribution in [0.15, 0.2) is 51.3 Å². The van der Waals surface area contributed by atoms with Crippen molar-refractivity contribution in [3.8, 4) is 6.07 Å². The van der Waals surface area contributed by atoms with E-state index in [-0.39, 0.29) is 5.78 Å². The van der Waals surface area contributed by atoms with Crippen molar-refractivity contribution in [2.75, 3.05) is 0 Å². The SMILES string of the molecule is N#CC1=CC2=C(CC1)C(=O)Cc1ccccc1S2. The molecular weight excluding hydrogens is 242 g/mol. The molecule has 0 N–H and O–H groups in total. The van der Waals surface area contributed by atoms with Gasteiger partial charge in [0.1, 0.15) is 0 Å². The molecule has 1 aliphatic carbocycles. The Balaban J connectivity index is 2.09. The molecule has 0 radical (unpaired) electrons. The van der Waals surface area contributed by atoms with E-state index in [9.17, 15) is 4.79 Å². The zero-order chi connectivity index (χ0) is 12.5. The van der Waals surface area contributed by atoms with Crippen molar-refractivity contribution in [2.45, 2.75) is 24.2 Å². The van der Waals surface area contributed by atoms with E-state index in [1.807, 2.05) is 30.3 Å². The molecule has 1 aromatic rings. The molecule has 0 aromatic heterocycles. The molecule has 0 bridgehead atoms. The molecule has 3 rings (SSSR count). The van der Waals surface area contributed by atoms with Crippen molar-refractivity contribution in [3.05, 3.63) is 52.0 Å². The number of thioether (sulfide) groups is 1. The molecule has 2 aliphatic rings. The molecule has 0 saturated heterocycles. The summed E-state index contributed by atoms with van der Waals surface area (Å²) in [6.07, 6.45) is 3.76. The van der Waals surface area contributed by atoms with Gasteiger partial charge < -0.3 is 0 Å². The Kier molecular flexibility index (Phi) is 2.81. The minimum atomic E-state index is 0.204. The highest BCUT2D eigenvalue weighted by Crippen LogP contribution is 2.40. The number of nitrogens with zero attached hydrogens (tertiary/aromatic N) is 1. The van der Waals surface area contributed by atoms with Crippen LogP contribution in [0.4, 0.5) is 0 Å². The van der Waals surface area contributed by atoms with Crippen LogP contribution in [0.5, 0.6) is 0 Å². The highest BCUT2D eigenvalue weighted by atomic mass is 32.2. The molecule has 0 amide bonds. The maximum atomic E-state index is 12.2. The van der Waals surface area contributed by atoms with Gasteiger partial charge >= 0.3 is 0 Å². The van der Waals surface area contributed by atoms with Crippen LogP contribution < -0.4 is 0 Å². The summed E-state index contributed by atoms with van der Waals surface area (Å²) in [7, 11) is 0. The second-order valence-corrected chi connectivity index (χ2v) is 5.52. The third-order valence-corrected chi connectivity index (χ3v) is 4.47. The Morgan fingerprint density at radius 2 is 2.06 bits per heavy atom. The lowest BCUT2D eigenvalue weighted by molar-refractivity contribution is -0.115. The van der Waals surface area contributed by atoms with Gasteiger partial charge in [0.2, 0.25) is 0 Å². The summed E-state index contributed by atoms with van der Waals surface area (Å²) in [5.74, 6) is 0.204. The van der Waals surface area contributed by atoms with Crippen LogP contribution in [0.25, 0.3) is 0 Å². The van der Waals surface area contributed by atoms with E-state index in [0.29, 0.717) is 19.3 Å². The zero-order valence-electron chi connectivity index (χ0n) is 9.77. The summed E-state index contributed by atoms with van der Waals surface area (Å²) in [4.78, 5) is 14.3. The Morgan fingerprint density at radius 3 is 2.89 bits per heavy atom. The van der Waals surface area contributed by atoms with Crippen LogP contribution in [-0.4, -0.2) is 5.78 Å². The van der Waals surface area contributed by atoms with Gasteiger partial charge in [0.15, 0.2) is 5.78 Å². The average molecular weight is 253 g/mol. The largest absolute Gasteiger partial charge is 0.294 e. The van der Waals surface area contributed by atoms with Gasteiger partial charge in [0, 0.05) is 27.4 Å². The second-order valence-electron chi connectivity index (χ2n) is 4.43. The smallest absolute Gasteiger partial charge is 0.164 e. The summed E-state index contributed by atoms with van der Waals surface area (Å²) in [5.41, 5.74) is 2.76. The van der Waals surface area contributed by atoms with Crippen molar-refractivity contribution >= 4 is 17.5 Å². The van der Waals surface area contributed by atoms with Crippen LogP contribution >= 0.6 is 11.8 Å². The van der Waals surface area contributed by atoms with Gasteiger partial charge in [-0.15, -0.1) is 0 Å². The minimum Gasteiger partial charge on any atom is -0.294 e. The van der Waals surface area contributed by atoms with Crippen molar-refractivity contribution in [1.82, 2.24) is 0 Å². The van der Waals surface area contributed by atoms with Crippen molar-refractivity contribution in [2.24, 2.45) is 0 Å². The summed E-state index contributed by atoms with van der Waals surface area (Å²) in [5, 5.41) is 8.98. The first-order valence-corrected chi connectivity index (χ1v) is 6.72. The van der Waals surface area contributed by atoms with Crippen molar-refractivity contribution in [1.29, 1.82) is 5.26 Å². The Labute approximate surface area is 110 Å². The fourth-order valence-corrected chi connectivity index (χ4v) is 3.50. The van der Waals surface area contributed by atoms with E-state index in [1.165, 1.54) is 0 Å². The standard InChI is InChI=1S/C15H11NOS/c16-9-10-5-6-12-13(17)8-11-3-1-2-4-14(11)18-15(12)7-10/h1-4,7H,5-6,8H2. The number of allylic oxidation sites excluding steroid dienone is 3. The van der Waals surface area contributed by atoms with Gasteiger partial charge in [-0.2, -0.15) is 5.26 Å². The molecule has 1 aromatic carbocycles. The monoisotopic (exact) mass is 253 g/mol. The second kappa shape index (κ2) is 4.47. The first-order chi connectivity index (χ1) is 8.78. The van der Waals surface area contributed by atoms with E-state index in [4.69, 9.17) is 5.26 Å². The lowest BCUT2D eigenvalue weighted by Gasteiger charge is -2.13. The number of rotatable bonds is 0. The predicted molar refractivity (Wildman–Crippen MR) is 71.0 cm³/mol. The highest BCUT2D eigenvalue weighted by molar-refractivity contribution is 8.03. The summed E-state index contributed by atoms with van der Waals surface area (Å²) in [6, 6.07) is 10.2.